The van der Waals surface area contributed by atoms with Gasteiger partial charge in [-0.15, -0.1) is 0 Å². The Hall–Kier alpha value is -2.54. The highest BCUT2D eigenvalue weighted by molar-refractivity contribution is 7.80. The number of carbonyl (C=O) groups is 4. The molecule has 0 saturated carbocycles. The fourth-order valence-electron chi connectivity index (χ4n) is 2.87. The van der Waals surface area contributed by atoms with Crippen LogP contribution in [0.2, 0.25) is 0 Å². The lowest BCUT2D eigenvalue weighted by molar-refractivity contribution is -0.141. The minimum Gasteiger partial charge on any atom is -0.480 e. The number of nitrogens with one attached hydrogen (secondary N) is 2. The minimum atomic E-state index is -1.22. The number of carboxylic acid groups (broad SMARTS) is 1. The number of likely N-dealkylation sites (tertiary alicyclic amines) is 1. The van der Waals surface area contributed by atoms with Gasteiger partial charge in [0.25, 0.3) is 0 Å². The highest BCUT2D eigenvalue weighted by Gasteiger charge is 2.36. The third kappa shape index (κ3) is 8.15. The van der Waals surface area contributed by atoms with Crippen molar-refractivity contribution in [2.45, 2.75) is 43.8 Å². The van der Waals surface area contributed by atoms with Crippen molar-refractivity contribution >= 4 is 42.3 Å². The maximum atomic E-state index is 12.6. The van der Waals surface area contributed by atoms with Gasteiger partial charge in [0.2, 0.25) is 17.7 Å². The highest BCUT2D eigenvalue weighted by atomic mass is 32.1. The predicted octanol–water partition coefficient (Wildman–Crippen LogP) is -3.03. The molecule has 0 aromatic rings. The molecule has 3 atom stereocenters. The molecule has 0 aliphatic carbocycles. The zero-order valence-corrected chi connectivity index (χ0v) is 16.9. The molecule has 29 heavy (non-hydrogen) atoms. The van der Waals surface area contributed by atoms with Crippen molar-refractivity contribution in [3.8, 4) is 0 Å². The summed E-state index contributed by atoms with van der Waals surface area (Å²) >= 11 is 3.84. The molecule has 164 valence electrons. The van der Waals surface area contributed by atoms with Crippen LogP contribution in [0, 0.1) is 0 Å². The van der Waals surface area contributed by atoms with Crippen molar-refractivity contribution in [3.05, 3.63) is 0 Å². The van der Waals surface area contributed by atoms with Gasteiger partial charge in [-0.2, -0.15) is 12.6 Å². The van der Waals surface area contributed by atoms with E-state index in [1.54, 1.807) is 0 Å². The van der Waals surface area contributed by atoms with Gasteiger partial charge >= 0.3 is 5.97 Å². The van der Waals surface area contributed by atoms with E-state index >= 15 is 0 Å². The van der Waals surface area contributed by atoms with Gasteiger partial charge in [-0.05, 0) is 25.7 Å². The van der Waals surface area contributed by atoms with Crippen molar-refractivity contribution in [3.63, 3.8) is 0 Å². The molecule has 0 aromatic heterocycles. The van der Waals surface area contributed by atoms with Crippen LogP contribution in [0.3, 0.4) is 0 Å². The standard InChI is InChI=1S/C16H29N7O5S/c17-9(3-1-5-20-16(18)19)14(26)23-6-2-4-11(23)13(25)21-7-12(24)22-10(8-29)15(27)28/h9-11,29H,1-8,17H2,(H,21,25)(H,22,24)(H,27,28)(H4,18,19,20). The summed E-state index contributed by atoms with van der Waals surface area (Å²) in [6, 6.07) is -2.66. The first-order chi connectivity index (χ1) is 13.7. The molecule has 1 aliphatic rings. The molecule has 3 unspecified atom stereocenters. The second-order valence-corrected chi connectivity index (χ2v) is 6.97. The van der Waals surface area contributed by atoms with Crippen molar-refractivity contribution in [2.24, 2.45) is 22.2 Å². The van der Waals surface area contributed by atoms with E-state index in [1.165, 1.54) is 4.90 Å². The Morgan fingerprint density at radius 3 is 2.55 bits per heavy atom. The average Bonchev–Trinajstić information content (AvgIpc) is 3.16. The maximum Gasteiger partial charge on any atom is 0.327 e. The summed E-state index contributed by atoms with van der Waals surface area (Å²) in [7, 11) is 0. The number of carbonyl (C=O) groups excluding carboxylic acids is 3. The smallest absolute Gasteiger partial charge is 0.327 e. The number of carboxylic acids is 1. The van der Waals surface area contributed by atoms with Gasteiger partial charge in [-0.25, -0.2) is 4.79 Å². The summed E-state index contributed by atoms with van der Waals surface area (Å²) in [5, 5.41) is 13.6. The van der Waals surface area contributed by atoms with E-state index in [-0.39, 0.29) is 17.6 Å². The zero-order chi connectivity index (χ0) is 22.0. The summed E-state index contributed by atoms with van der Waals surface area (Å²) < 4.78 is 0. The molecule has 1 fully saturated rings. The van der Waals surface area contributed by atoms with Crippen LogP contribution in [0.4, 0.5) is 0 Å². The second-order valence-electron chi connectivity index (χ2n) is 6.60. The van der Waals surface area contributed by atoms with Crippen LogP contribution >= 0.6 is 12.6 Å². The van der Waals surface area contributed by atoms with Gasteiger partial charge < -0.3 is 37.8 Å². The number of guanidine groups is 1. The highest BCUT2D eigenvalue weighted by Crippen LogP contribution is 2.19. The van der Waals surface area contributed by atoms with Gasteiger partial charge in [0.05, 0.1) is 12.6 Å². The Kier molecular flexibility index (Phi) is 10.2. The van der Waals surface area contributed by atoms with Gasteiger partial charge in [-0.3, -0.25) is 19.4 Å². The van der Waals surface area contributed by atoms with Crippen molar-refractivity contribution in [1.82, 2.24) is 15.5 Å². The Morgan fingerprint density at radius 2 is 1.97 bits per heavy atom. The van der Waals surface area contributed by atoms with E-state index in [0.717, 1.165) is 0 Å². The third-order valence-electron chi connectivity index (χ3n) is 4.36. The molecule has 1 saturated heterocycles. The number of nitrogens with zero attached hydrogens (tertiary/aromatic N) is 2. The van der Waals surface area contributed by atoms with Crippen LogP contribution < -0.4 is 27.8 Å². The van der Waals surface area contributed by atoms with Crippen LogP contribution in [-0.2, 0) is 19.2 Å². The molecule has 0 spiro atoms. The summed E-state index contributed by atoms with van der Waals surface area (Å²) in [5.41, 5.74) is 16.4. The molecular formula is C16H29N7O5S. The number of amides is 3. The van der Waals surface area contributed by atoms with Crippen molar-refractivity contribution in [1.29, 1.82) is 0 Å². The molecule has 0 radical (unpaired) electrons. The minimum absolute atomic E-state index is 0.0331. The Bertz CT molecular complexity index is 641. The van der Waals surface area contributed by atoms with Gasteiger partial charge in [-0.1, -0.05) is 0 Å². The van der Waals surface area contributed by atoms with Gasteiger partial charge in [0.15, 0.2) is 5.96 Å². The fraction of sp³-hybridized carbons (Fsp3) is 0.688. The first-order valence-electron chi connectivity index (χ1n) is 9.19. The quantitative estimate of drug-likeness (QED) is 0.0773. The molecule has 1 rings (SSSR count). The Labute approximate surface area is 174 Å². The molecule has 9 N–H and O–H groups in total. The molecule has 3 amide bonds. The van der Waals surface area contributed by atoms with Crippen LogP contribution in [0.5, 0.6) is 0 Å². The number of aliphatic carboxylic acids is 1. The third-order valence-corrected chi connectivity index (χ3v) is 4.73. The zero-order valence-electron chi connectivity index (χ0n) is 16.0. The van der Waals surface area contributed by atoms with E-state index in [4.69, 9.17) is 22.3 Å². The Morgan fingerprint density at radius 1 is 1.28 bits per heavy atom. The topological polar surface area (TPSA) is 206 Å². The number of nitrogens with two attached hydrogens (primary N) is 3. The van der Waals surface area contributed by atoms with Gasteiger partial charge in [0.1, 0.15) is 12.1 Å². The summed E-state index contributed by atoms with van der Waals surface area (Å²) in [4.78, 5) is 52.9. The maximum absolute atomic E-state index is 12.6. The monoisotopic (exact) mass is 431 g/mol. The summed E-state index contributed by atoms with van der Waals surface area (Å²) in [5.74, 6) is -2.84. The molecule has 0 aromatic carbocycles. The van der Waals surface area contributed by atoms with E-state index < -0.39 is 42.5 Å². The predicted molar refractivity (Wildman–Crippen MR) is 109 cm³/mol. The molecular weight excluding hydrogens is 402 g/mol. The van der Waals surface area contributed by atoms with Crippen LogP contribution in [-0.4, -0.2) is 83.2 Å². The molecule has 1 heterocycles. The first-order valence-corrected chi connectivity index (χ1v) is 9.82. The number of thiol groups is 1. The van der Waals surface area contributed by atoms with E-state index in [0.29, 0.717) is 38.8 Å². The number of hydrogen-bond acceptors (Lipinski definition) is 7. The SMILES string of the molecule is NC(N)=NCCCC(N)C(=O)N1CCCC1C(=O)NCC(=O)NC(CS)C(=O)O. The van der Waals surface area contributed by atoms with E-state index in [2.05, 4.69) is 28.3 Å². The molecule has 0 bridgehead atoms. The Balaban J connectivity index is 2.52. The summed E-state index contributed by atoms with van der Waals surface area (Å²) in [6.07, 6.45) is 1.97. The molecule has 13 heteroatoms. The molecule has 12 nitrogen and oxygen atoms in total. The second kappa shape index (κ2) is 12.1. The first kappa shape index (κ1) is 24.5. The van der Waals surface area contributed by atoms with Crippen LogP contribution in [0.1, 0.15) is 25.7 Å². The normalized spacial score (nSPS) is 17.9. The molecule has 1 aliphatic heterocycles. The largest absolute Gasteiger partial charge is 0.480 e. The van der Waals surface area contributed by atoms with Crippen molar-refractivity contribution < 1.29 is 24.3 Å². The summed E-state index contributed by atoms with van der Waals surface area (Å²) in [6.45, 7) is 0.344. The van der Waals surface area contributed by atoms with E-state index in [9.17, 15) is 19.2 Å². The van der Waals surface area contributed by atoms with Crippen molar-refractivity contribution in [2.75, 3.05) is 25.4 Å². The van der Waals surface area contributed by atoms with E-state index in [1.807, 2.05) is 0 Å². The number of rotatable bonds is 11. The van der Waals surface area contributed by atoms with Crippen LogP contribution in [0.25, 0.3) is 0 Å². The average molecular weight is 432 g/mol. The lowest BCUT2D eigenvalue weighted by atomic mass is 10.1. The lowest BCUT2D eigenvalue weighted by Gasteiger charge is -2.26. The van der Waals surface area contributed by atoms with Crippen LogP contribution in [0.15, 0.2) is 4.99 Å². The number of hydrogen-bond donors (Lipinski definition) is 7. The van der Waals surface area contributed by atoms with Gasteiger partial charge in [0, 0.05) is 18.8 Å². The lowest BCUT2D eigenvalue weighted by Crippen LogP contribution is -2.53. The fourth-order valence-corrected chi connectivity index (χ4v) is 3.12. The number of aliphatic imine (C=N–C) groups is 1.